The Balaban J connectivity index is 1.32. The SMILES string of the molecule is COCc1ncc(CN2C[C@H](NC(=O)CC3CCC3)[C@@H](C3CC3)C2)cn1. The van der Waals surface area contributed by atoms with E-state index in [2.05, 4.69) is 20.2 Å². The van der Waals surface area contributed by atoms with Crippen molar-refractivity contribution in [1.29, 1.82) is 0 Å². The van der Waals surface area contributed by atoms with Crippen LogP contribution < -0.4 is 5.32 Å². The fourth-order valence-electron chi connectivity index (χ4n) is 4.35. The van der Waals surface area contributed by atoms with Crippen molar-refractivity contribution in [3.8, 4) is 0 Å². The summed E-state index contributed by atoms with van der Waals surface area (Å²) >= 11 is 0. The second-order valence-corrected chi connectivity index (χ2v) is 8.31. The van der Waals surface area contributed by atoms with E-state index in [0.717, 1.165) is 43.4 Å². The van der Waals surface area contributed by atoms with Crippen LogP contribution in [-0.4, -0.2) is 47.0 Å². The minimum absolute atomic E-state index is 0.263. The molecule has 0 radical (unpaired) electrons. The van der Waals surface area contributed by atoms with E-state index in [0.29, 0.717) is 24.5 Å². The fourth-order valence-corrected chi connectivity index (χ4v) is 4.35. The van der Waals surface area contributed by atoms with Crippen molar-refractivity contribution in [3.63, 3.8) is 0 Å². The Kier molecular flexibility index (Phi) is 5.50. The summed E-state index contributed by atoms with van der Waals surface area (Å²) < 4.78 is 5.06. The van der Waals surface area contributed by atoms with Gasteiger partial charge in [0.25, 0.3) is 0 Å². The average molecular weight is 358 g/mol. The number of aromatic nitrogens is 2. The molecule has 1 amide bonds. The summed E-state index contributed by atoms with van der Waals surface area (Å²) in [6.45, 7) is 3.31. The van der Waals surface area contributed by atoms with Gasteiger partial charge in [-0.25, -0.2) is 9.97 Å². The maximum absolute atomic E-state index is 12.4. The number of methoxy groups -OCH3 is 1. The summed E-state index contributed by atoms with van der Waals surface area (Å²) in [5, 5.41) is 3.36. The number of hydrogen-bond acceptors (Lipinski definition) is 5. The van der Waals surface area contributed by atoms with Crippen LogP contribution in [0.15, 0.2) is 12.4 Å². The van der Waals surface area contributed by atoms with Gasteiger partial charge in [-0.1, -0.05) is 6.42 Å². The van der Waals surface area contributed by atoms with Crippen molar-refractivity contribution in [2.45, 2.75) is 57.7 Å². The predicted molar refractivity (Wildman–Crippen MR) is 98.1 cm³/mol. The molecule has 6 heteroatoms. The molecule has 1 aromatic rings. The molecule has 1 aromatic heterocycles. The minimum atomic E-state index is 0.263. The molecule has 26 heavy (non-hydrogen) atoms. The molecule has 2 heterocycles. The first kappa shape index (κ1) is 17.9. The number of amides is 1. The zero-order valence-electron chi connectivity index (χ0n) is 15.7. The maximum Gasteiger partial charge on any atom is 0.220 e. The molecule has 142 valence electrons. The number of ether oxygens (including phenoxy) is 1. The number of carbonyl (C=O) groups excluding carboxylic acids is 1. The van der Waals surface area contributed by atoms with Crippen LogP contribution in [0.1, 0.15) is 49.9 Å². The number of nitrogens with one attached hydrogen (secondary N) is 1. The molecular weight excluding hydrogens is 328 g/mol. The monoisotopic (exact) mass is 358 g/mol. The van der Waals surface area contributed by atoms with Crippen molar-refractivity contribution in [3.05, 3.63) is 23.8 Å². The Morgan fingerprint density at radius 1 is 1.23 bits per heavy atom. The summed E-state index contributed by atoms with van der Waals surface area (Å²) in [5.41, 5.74) is 1.13. The Morgan fingerprint density at radius 3 is 2.62 bits per heavy atom. The summed E-state index contributed by atoms with van der Waals surface area (Å²) in [4.78, 5) is 23.6. The lowest BCUT2D eigenvalue weighted by Crippen LogP contribution is -2.42. The molecular formula is C20H30N4O2. The van der Waals surface area contributed by atoms with Gasteiger partial charge in [0.2, 0.25) is 5.91 Å². The highest BCUT2D eigenvalue weighted by atomic mass is 16.5. The van der Waals surface area contributed by atoms with E-state index in [4.69, 9.17) is 4.74 Å². The first-order chi connectivity index (χ1) is 12.7. The lowest BCUT2D eigenvalue weighted by molar-refractivity contribution is -0.123. The van der Waals surface area contributed by atoms with Crippen molar-refractivity contribution in [2.24, 2.45) is 17.8 Å². The van der Waals surface area contributed by atoms with E-state index in [-0.39, 0.29) is 5.91 Å². The number of rotatable bonds is 8. The number of carbonyl (C=O) groups is 1. The molecule has 1 saturated heterocycles. The van der Waals surface area contributed by atoms with Gasteiger partial charge in [0.15, 0.2) is 5.82 Å². The smallest absolute Gasteiger partial charge is 0.220 e. The number of hydrogen-bond donors (Lipinski definition) is 1. The molecule has 2 atom stereocenters. The quantitative estimate of drug-likeness (QED) is 0.771. The number of nitrogens with zero attached hydrogens (tertiary/aromatic N) is 3. The molecule has 0 bridgehead atoms. The molecule has 6 nitrogen and oxygen atoms in total. The van der Waals surface area contributed by atoms with Crippen molar-refractivity contribution in [2.75, 3.05) is 20.2 Å². The van der Waals surface area contributed by atoms with Crippen molar-refractivity contribution >= 4 is 5.91 Å². The van der Waals surface area contributed by atoms with Gasteiger partial charge < -0.3 is 10.1 Å². The summed E-state index contributed by atoms with van der Waals surface area (Å²) in [7, 11) is 1.65. The largest absolute Gasteiger partial charge is 0.377 e. The van der Waals surface area contributed by atoms with Crippen LogP contribution in [0, 0.1) is 17.8 Å². The fraction of sp³-hybridized carbons (Fsp3) is 0.750. The van der Waals surface area contributed by atoms with Crippen LogP contribution in [0.2, 0.25) is 0 Å². The standard InChI is InChI=1S/C20H30N4O2/c1-26-13-19-21-8-15(9-22-19)10-24-11-17(16-5-6-16)18(12-24)23-20(25)7-14-3-2-4-14/h8-9,14,16-18H,2-7,10-13H2,1H3,(H,23,25)/t17-,18+/m1/s1. The summed E-state index contributed by atoms with van der Waals surface area (Å²) in [6.07, 6.45) is 10.9. The minimum Gasteiger partial charge on any atom is -0.377 e. The molecule has 3 fully saturated rings. The zero-order chi connectivity index (χ0) is 17.9. The first-order valence-electron chi connectivity index (χ1n) is 10.0. The van der Waals surface area contributed by atoms with Crippen LogP contribution in [0.4, 0.5) is 0 Å². The third-order valence-electron chi connectivity index (χ3n) is 6.15. The van der Waals surface area contributed by atoms with Crippen LogP contribution >= 0.6 is 0 Å². The van der Waals surface area contributed by atoms with Gasteiger partial charge in [-0.2, -0.15) is 0 Å². The van der Waals surface area contributed by atoms with E-state index in [9.17, 15) is 4.79 Å². The lowest BCUT2D eigenvalue weighted by atomic mass is 9.82. The molecule has 1 N–H and O–H groups in total. The highest BCUT2D eigenvalue weighted by Crippen LogP contribution is 2.41. The third-order valence-corrected chi connectivity index (χ3v) is 6.15. The van der Waals surface area contributed by atoms with Crippen molar-refractivity contribution in [1.82, 2.24) is 20.2 Å². The molecule has 1 aliphatic heterocycles. The third kappa shape index (κ3) is 4.41. The Bertz CT molecular complexity index is 613. The Labute approximate surface area is 155 Å². The molecule has 0 spiro atoms. The second kappa shape index (κ2) is 8.01. The topological polar surface area (TPSA) is 67.3 Å². The predicted octanol–water partition coefficient (Wildman–Crippen LogP) is 2.14. The molecule has 2 saturated carbocycles. The van der Waals surface area contributed by atoms with E-state index in [1.807, 2.05) is 12.4 Å². The number of likely N-dealkylation sites (tertiary alicyclic amines) is 1. The van der Waals surface area contributed by atoms with Crippen LogP contribution in [0.3, 0.4) is 0 Å². The van der Waals surface area contributed by atoms with E-state index < -0.39 is 0 Å². The molecule has 4 rings (SSSR count). The second-order valence-electron chi connectivity index (χ2n) is 8.31. The normalized spacial score (nSPS) is 26.7. The first-order valence-corrected chi connectivity index (χ1v) is 10.0. The summed E-state index contributed by atoms with van der Waals surface area (Å²) in [6, 6.07) is 0.309. The van der Waals surface area contributed by atoms with Crippen LogP contribution in [0.5, 0.6) is 0 Å². The van der Waals surface area contributed by atoms with E-state index in [1.165, 1.54) is 32.1 Å². The lowest BCUT2D eigenvalue weighted by Gasteiger charge is -2.26. The maximum atomic E-state index is 12.4. The molecule has 0 aromatic carbocycles. The Hall–Kier alpha value is -1.53. The van der Waals surface area contributed by atoms with E-state index >= 15 is 0 Å². The van der Waals surface area contributed by atoms with Gasteiger partial charge >= 0.3 is 0 Å². The summed E-state index contributed by atoms with van der Waals surface area (Å²) in [5.74, 6) is 3.02. The van der Waals surface area contributed by atoms with Gasteiger partial charge in [-0.3, -0.25) is 9.69 Å². The zero-order valence-corrected chi connectivity index (χ0v) is 15.7. The van der Waals surface area contributed by atoms with Crippen LogP contribution in [0.25, 0.3) is 0 Å². The average Bonchev–Trinajstić information content (AvgIpc) is 3.36. The highest BCUT2D eigenvalue weighted by molar-refractivity contribution is 5.76. The Morgan fingerprint density at radius 2 is 2.00 bits per heavy atom. The van der Waals surface area contributed by atoms with Gasteiger partial charge in [0.1, 0.15) is 6.61 Å². The van der Waals surface area contributed by atoms with Gasteiger partial charge in [-0.05, 0) is 43.4 Å². The molecule has 3 aliphatic rings. The van der Waals surface area contributed by atoms with Crippen LogP contribution in [-0.2, 0) is 22.7 Å². The van der Waals surface area contributed by atoms with Gasteiger partial charge in [0.05, 0.1) is 0 Å². The molecule has 2 aliphatic carbocycles. The van der Waals surface area contributed by atoms with Gasteiger partial charge in [0, 0.05) is 57.2 Å². The highest BCUT2D eigenvalue weighted by Gasteiger charge is 2.43. The molecule has 0 unspecified atom stereocenters. The van der Waals surface area contributed by atoms with Gasteiger partial charge in [-0.15, -0.1) is 0 Å². The van der Waals surface area contributed by atoms with E-state index in [1.54, 1.807) is 7.11 Å². The van der Waals surface area contributed by atoms with Crippen molar-refractivity contribution < 1.29 is 9.53 Å².